The maximum absolute atomic E-state index is 13.0. The lowest BCUT2D eigenvalue weighted by Crippen LogP contribution is -1.88. The first-order valence-electron chi connectivity index (χ1n) is 7.94. The van der Waals surface area contributed by atoms with Crippen LogP contribution in [0.1, 0.15) is 18.1 Å². The van der Waals surface area contributed by atoms with Gasteiger partial charge in [-0.25, -0.2) is 4.39 Å². The van der Waals surface area contributed by atoms with E-state index in [2.05, 4.69) is 20.4 Å². The highest BCUT2D eigenvalue weighted by molar-refractivity contribution is 7.99. The largest absolute Gasteiger partial charge is 0.419 e. The summed E-state index contributed by atoms with van der Waals surface area (Å²) in [6.45, 7) is 1.89. The molecule has 0 aliphatic heterocycles. The molecule has 0 aliphatic carbocycles. The minimum atomic E-state index is -0.324. The van der Waals surface area contributed by atoms with Crippen molar-refractivity contribution < 1.29 is 13.2 Å². The Bertz CT molecular complexity index is 1050. The van der Waals surface area contributed by atoms with Gasteiger partial charge in [0.2, 0.25) is 17.7 Å². The van der Waals surface area contributed by atoms with Crippen LogP contribution < -0.4 is 0 Å². The molecule has 0 aliphatic rings. The molecule has 6 nitrogen and oxygen atoms in total. The second kappa shape index (κ2) is 7.50. The highest BCUT2D eigenvalue weighted by Gasteiger charge is 2.20. The van der Waals surface area contributed by atoms with Crippen LogP contribution in [0.2, 0.25) is 5.02 Å². The highest BCUT2D eigenvalue weighted by atomic mass is 35.5. The number of halogens is 2. The van der Waals surface area contributed by atoms with Gasteiger partial charge in [0.1, 0.15) is 5.82 Å². The van der Waals surface area contributed by atoms with Crippen LogP contribution in [0.15, 0.2) is 62.6 Å². The standard InChI is InChI=1S/C18H12ClFN4O2S/c1-10(15-21-22-16(25-15)12-4-8-14(20)9-5-12)27-18-24-23-17(26-18)11-2-6-13(19)7-3-11/h2-10H,1H3/t10-/m1/s1. The molecule has 0 saturated heterocycles. The molecule has 136 valence electrons. The molecule has 0 spiro atoms. The summed E-state index contributed by atoms with van der Waals surface area (Å²) < 4.78 is 24.4. The first-order valence-corrected chi connectivity index (χ1v) is 9.20. The summed E-state index contributed by atoms with van der Waals surface area (Å²) in [5.41, 5.74) is 1.43. The van der Waals surface area contributed by atoms with Crippen molar-refractivity contribution in [1.29, 1.82) is 0 Å². The molecule has 1 atom stereocenters. The van der Waals surface area contributed by atoms with Crippen LogP contribution in [0.5, 0.6) is 0 Å². The summed E-state index contributed by atoms with van der Waals surface area (Å²) in [5, 5.41) is 17.0. The van der Waals surface area contributed by atoms with Gasteiger partial charge < -0.3 is 8.83 Å². The van der Waals surface area contributed by atoms with Crippen LogP contribution >= 0.6 is 23.4 Å². The van der Waals surface area contributed by atoms with Crippen molar-refractivity contribution in [1.82, 2.24) is 20.4 Å². The molecule has 0 bridgehead atoms. The highest BCUT2D eigenvalue weighted by Crippen LogP contribution is 2.35. The van der Waals surface area contributed by atoms with Crippen LogP contribution in [-0.4, -0.2) is 20.4 Å². The van der Waals surface area contributed by atoms with Crippen LogP contribution in [0.3, 0.4) is 0 Å². The molecule has 0 amide bonds. The second-order valence-electron chi connectivity index (χ2n) is 5.59. The smallest absolute Gasteiger partial charge is 0.277 e. The topological polar surface area (TPSA) is 77.8 Å². The first kappa shape index (κ1) is 17.7. The van der Waals surface area contributed by atoms with Crippen molar-refractivity contribution in [2.45, 2.75) is 17.4 Å². The third-order valence-corrected chi connectivity index (χ3v) is 4.83. The van der Waals surface area contributed by atoms with E-state index in [-0.39, 0.29) is 11.1 Å². The predicted molar refractivity (Wildman–Crippen MR) is 98.7 cm³/mol. The van der Waals surface area contributed by atoms with Crippen molar-refractivity contribution in [2.75, 3.05) is 0 Å². The van der Waals surface area contributed by atoms with Gasteiger partial charge in [-0.3, -0.25) is 0 Å². The number of thioether (sulfide) groups is 1. The fourth-order valence-electron chi connectivity index (χ4n) is 2.28. The molecule has 4 rings (SSSR count). The Balaban J connectivity index is 1.47. The SMILES string of the molecule is C[C@@H](Sc1nnc(-c2ccc(Cl)cc2)o1)c1nnc(-c2ccc(F)cc2)o1. The number of nitrogens with zero attached hydrogens (tertiary/aromatic N) is 4. The van der Waals surface area contributed by atoms with Crippen molar-refractivity contribution in [2.24, 2.45) is 0 Å². The summed E-state index contributed by atoms with van der Waals surface area (Å²) in [5.74, 6) is 0.810. The molecule has 0 unspecified atom stereocenters. The lowest BCUT2D eigenvalue weighted by atomic mass is 10.2. The molecule has 2 heterocycles. The molecule has 2 aromatic heterocycles. The molecular formula is C18H12ClFN4O2S. The monoisotopic (exact) mass is 402 g/mol. The van der Waals surface area contributed by atoms with Gasteiger partial charge in [-0.1, -0.05) is 23.4 Å². The molecule has 0 saturated carbocycles. The lowest BCUT2D eigenvalue weighted by molar-refractivity contribution is 0.461. The van der Waals surface area contributed by atoms with E-state index >= 15 is 0 Å². The van der Waals surface area contributed by atoms with Gasteiger partial charge in [-0.05, 0) is 55.5 Å². The summed E-state index contributed by atoms with van der Waals surface area (Å²) in [7, 11) is 0. The first-order chi connectivity index (χ1) is 13.1. The molecular weight excluding hydrogens is 391 g/mol. The van der Waals surface area contributed by atoms with E-state index in [0.29, 0.717) is 33.5 Å². The summed E-state index contributed by atoms with van der Waals surface area (Å²) >= 11 is 7.19. The normalized spacial score (nSPS) is 12.3. The second-order valence-corrected chi connectivity index (χ2v) is 7.32. The van der Waals surface area contributed by atoms with Crippen LogP contribution in [0, 0.1) is 5.82 Å². The Morgan fingerprint density at radius 1 is 0.852 bits per heavy atom. The van der Waals surface area contributed by atoms with Crippen LogP contribution in [0.4, 0.5) is 4.39 Å². The van der Waals surface area contributed by atoms with Gasteiger partial charge in [0.15, 0.2) is 0 Å². The molecule has 9 heteroatoms. The van der Waals surface area contributed by atoms with Gasteiger partial charge in [0.25, 0.3) is 5.22 Å². The van der Waals surface area contributed by atoms with E-state index in [4.69, 9.17) is 20.4 Å². The van der Waals surface area contributed by atoms with Gasteiger partial charge >= 0.3 is 0 Å². The van der Waals surface area contributed by atoms with Gasteiger partial charge in [-0.15, -0.1) is 20.4 Å². The Morgan fingerprint density at radius 3 is 2.15 bits per heavy atom. The van der Waals surface area contributed by atoms with E-state index in [1.165, 1.54) is 23.9 Å². The molecule has 0 N–H and O–H groups in total. The predicted octanol–water partition coefficient (Wildman–Crippen LogP) is 5.43. The zero-order valence-corrected chi connectivity index (χ0v) is 15.5. The van der Waals surface area contributed by atoms with Gasteiger partial charge in [-0.2, -0.15) is 0 Å². The maximum atomic E-state index is 13.0. The minimum absolute atomic E-state index is 0.204. The number of benzene rings is 2. The molecule has 2 aromatic carbocycles. The van der Waals surface area contributed by atoms with Crippen molar-refractivity contribution >= 4 is 23.4 Å². The number of hydrogen-bond acceptors (Lipinski definition) is 7. The zero-order valence-electron chi connectivity index (χ0n) is 14.0. The Kier molecular flexibility index (Phi) is 4.91. The Hall–Kier alpha value is -2.71. The van der Waals surface area contributed by atoms with Crippen molar-refractivity contribution in [3.63, 3.8) is 0 Å². The Morgan fingerprint density at radius 2 is 1.44 bits per heavy atom. The van der Waals surface area contributed by atoms with E-state index in [9.17, 15) is 4.39 Å². The van der Waals surface area contributed by atoms with Gasteiger partial charge in [0, 0.05) is 16.1 Å². The molecule has 4 aromatic rings. The summed E-state index contributed by atoms with van der Waals surface area (Å²) in [4.78, 5) is 0. The zero-order chi connectivity index (χ0) is 18.8. The maximum Gasteiger partial charge on any atom is 0.277 e. The summed E-state index contributed by atoms with van der Waals surface area (Å²) in [6.07, 6.45) is 0. The van der Waals surface area contributed by atoms with E-state index in [1.54, 1.807) is 36.4 Å². The van der Waals surface area contributed by atoms with E-state index in [0.717, 1.165) is 5.56 Å². The quantitative estimate of drug-likeness (QED) is 0.411. The molecule has 27 heavy (non-hydrogen) atoms. The van der Waals surface area contributed by atoms with Crippen molar-refractivity contribution in [3.8, 4) is 22.9 Å². The average molecular weight is 403 g/mol. The summed E-state index contributed by atoms with van der Waals surface area (Å²) in [6, 6.07) is 13.0. The molecule has 0 radical (unpaired) electrons. The van der Waals surface area contributed by atoms with Crippen LogP contribution in [-0.2, 0) is 0 Å². The van der Waals surface area contributed by atoms with E-state index in [1.807, 2.05) is 6.92 Å². The minimum Gasteiger partial charge on any atom is -0.419 e. The fraction of sp³-hybridized carbons (Fsp3) is 0.111. The Labute approximate surface area is 162 Å². The van der Waals surface area contributed by atoms with Crippen LogP contribution in [0.25, 0.3) is 22.9 Å². The fourth-order valence-corrected chi connectivity index (χ4v) is 3.12. The lowest BCUT2D eigenvalue weighted by Gasteiger charge is -2.01. The van der Waals surface area contributed by atoms with Crippen molar-refractivity contribution in [3.05, 3.63) is 65.3 Å². The third-order valence-electron chi connectivity index (χ3n) is 3.65. The number of aromatic nitrogens is 4. The third kappa shape index (κ3) is 4.01. The van der Waals surface area contributed by atoms with E-state index < -0.39 is 0 Å². The number of rotatable bonds is 5. The average Bonchev–Trinajstić information content (AvgIpc) is 3.33. The molecule has 0 fully saturated rings. The number of hydrogen-bond donors (Lipinski definition) is 0. The van der Waals surface area contributed by atoms with Gasteiger partial charge in [0.05, 0.1) is 5.25 Å².